The summed E-state index contributed by atoms with van der Waals surface area (Å²) in [6, 6.07) is 14.3. The fourth-order valence-corrected chi connectivity index (χ4v) is 3.82. The number of oxime groups is 1. The molecular weight excluding hydrogens is 356 g/mol. The summed E-state index contributed by atoms with van der Waals surface area (Å²) < 4.78 is 11.4. The van der Waals surface area contributed by atoms with Gasteiger partial charge in [0.15, 0.2) is 12.4 Å². The van der Waals surface area contributed by atoms with Crippen molar-refractivity contribution in [2.24, 2.45) is 5.16 Å². The Hall–Kier alpha value is -2.44. The quantitative estimate of drug-likeness (QED) is 0.801. The molecule has 2 aliphatic rings. The first-order chi connectivity index (χ1) is 13.6. The van der Waals surface area contributed by atoms with Gasteiger partial charge in [-0.3, -0.25) is 4.79 Å². The Labute approximate surface area is 164 Å². The van der Waals surface area contributed by atoms with Gasteiger partial charge in [0.25, 0.3) is 5.91 Å². The van der Waals surface area contributed by atoms with Crippen LogP contribution in [0.5, 0.6) is 0 Å². The van der Waals surface area contributed by atoms with Gasteiger partial charge in [0.2, 0.25) is 0 Å². The molecule has 2 aromatic carbocycles. The van der Waals surface area contributed by atoms with E-state index in [1.807, 2.05) is 25.1 Å². The summed E-state index contributed by atoms with van der Waals surface area (Å²) in [5.41, 5.74) is 2.02. The Morgan fingerprint density at radius 2 is 1.86 bits per heavy atom. The molecule has 1 atom stereocenters. The summed E-state index contributed by atoms with van der Waals surface area (Å²) in [7, 11) is 0. The molecule has 0 aromatic heterocycles. The van der Waals surface area contributed by atoms with E-state index in [0.29, 0.717) is 13.2 Å². The van der Waals surface area contributed by atoms with Gasteiger partial charge in [0.05, 0.1) is 25.0 Å². The lowest BCUT2D eigenvalue weighted by Crippen LogP contribution is -2.35. The molecule has 0 radical (unpaired) electrons. The molecule has 2 aromatic rings. The zero-order chi connectivity index (χ0) is 19.4. The number of amides is 1. The summed E-state index contributed by atoms with van der Waals surface area (Å²) >= 11 is 0. The molecule has 1 heterocycles. The molecule has 148 valence electrons. The molecule has 1 aliphatic heterocycles. The zero-order valence-corrected chi connectivity index (χ0v) is 16.1. The third kappa shape index (κ3) is 4.34. The Balaban J connectivity index is 1.25. The van der Waals surface area contributed by atoms with E-state index in [4.69, 9.17) is 14.3 Å². The van der Waals surface area contributed by atoms with Gasteiger partial charge >= 0.3 is 0 Å². The van der Waals surface area contributed by atoms with Crippen molar-refractivity contribution in [2.75, 3.05) is 19.8 Å². The summed E-state index contributed by atoms with van der Waals surface area (Å²) in [5.74, 6) is -0.592. The van der Waals surface area contributed by atoms with Crippen molar-refractivity contribution in [3.8, 4) is 0 Å². The van der Waals surface area contributed by atoms with Crippen LogP contribution in [0.4, 0.5) is 0 Å². The minimum absolute atomic E-state index is 0.0838. The zero-order valence-electron chi connectivity index (χ0n) is 16.1. The van der Waals surface area contributed by atoms with E-state index in [1.54, 1.807) is 0 Å². The normalized spacial score (nSPS) is 19.5. The Bertz CT molecular complexity index is 862. The van der Waals surface area contributed by atoms with Crippen molar-refractivity contribution in [1.29, 1.82) is 0 Å². The van der Waals surface area contributed by atoms with Crippen LogP contribution < -0.4 is 5.32 Å². The molecule has 4 rings (SSSR count). The van der Waals surface area contributed by atoms with Crippen LogP contribution in [0.1, 0.15) is 44.2 Å². The highest BCUT2D eigenvalue weighted by Crippen LogP contribution is 2.34. The maximum Gasteiger partial charge on any atom is 0.261 e. The Kier molecular flexibility index (Phi) is 5.59. The lowest BCUT2D eigenvalue weighted by molar-refractivity contribution is -0.168. The first kappa shape index (κ1) is 18.9. The highest BCUT2D eigenvalue weighted by Gasteiger charge is 2.39. The van der Waals surface area contributed by atoms with Crippen LogP contribution in [-0.2, 0) is 19.1 Å². The average molecular weight is 382 g/mol. The van der Waals surface area contributed by atoms with Crippen molar-refractivity contribution in [1.82, 2.24) is 5.32 Å². The molecule has 1 aliphatic carbocycles. The highest BCUT2D eigenvalue weighted by molar-refractivity contribution is 5.85. The molecule has 2 fully saturated rings. The van der Waals surface area contributed by atoms with Crippen molar-refractivity contribution in [2.45, 2.75) is 44.4 Å². The highest BCUT2D eigenvalue weighted by atomic mass is 16.7. The molecule has 6 nitrogen and oxygen atoms in total. The number of nitrogens with one attached hydrogen (secondary N) is 1. The maximum atomic E-state index is 12.2. The summed E-state index contributed by atoms with van der Waals surface area (Å²) in [6.45, 7) is 3.22. The van der Waals surface area contributed by atoms with Crippen LogP contribution in [-0.4, -0.2) is 37.2 Å². The SMILES string of the molecule is C[C@H](NC(=O)CON=C1CCC2(CC1)OCCO2)c1ccc2ccccc2c1. The van der Waals surface area contributed by atoms with E-state index in [-0.39, 0.29) is 18.6 Å². The van der Waals surface area contributed by atoms with E-state index in [2.05, 4.69) is 34.7 Å². The van der Waals surface area contributed by atoms with Gasteiger partial charge < -0.3 is 19.6 Å². The van der Waals surface area contributed by atoms with Gasteiger partial charge in [-0.15, -0.1) is 0 Å². The number of rotatable bonds is 5. The molecule has 28 heavy (non-hydrogen) atoms. The van der Waals surface area contributed by atoms with Crippen LogP contribution in [0.15, 0.2) is 47.6 Å². The van der Waals surface area contributed by atoms with E-state index in [0.717, 1.165) is 42.3 Å². The molecule has 6 heteroatoms. The molecule has 1 saturated carbocycles. The van der Waals surface area contributed by atoms with E-state index in [1.165, 1.54) is 5.39 Å². The first-order valence-electron chi connectivity index (χ1n) is 9.87. The average Bonchev–Trinajstić information content (AvgIpc) is 3.17. The third-order valence-electron chi connectivity index (χ3n) is 5.44. The van der Waals surface area contributed by atoms with E-state index < -0.39 is 5.79 Å². The number of fused-ring (bicyclic) bond motifs is 1. The molecule has 1 amide bonds. The number of ether oxygens (including phenoxy) is 2. The van der Waals surface area contributed by atoms with Crippen LogP contribution in [0.2, 0.25) is 0 Å². The van der Waals surface area contributed by atoms with Crippen LogP contribution >= 0.6 is 0 Å². The van der Waals surface area contributed by atoms with Crippen LogP contribution in [0.3, 0.4) is 0 Å². The standard InChI is InChI=1S/C22H26N2O4/c1-16(18-7-6-17-4-2-3-5-19(17)14-18)23-21(25)15-28-24-20-8-10-22(11-9-20)26-12-13-27-22/h2-7,14,16H,8-13,15H2,1H3,(H,23,25)/t16-/m0/s1. The first-order valence-corrected chi connectivity index (χ1v) is 9.87. The van der Waals surface area contributed by atoms with Crippen molar-refractivity contribution in [3.63, 3.8) is 0 Å². The number of carbonyl (C=O) groups is 1. The second kappa shape index (κ2) is 8.29. The predicted octanol–water partition coefficient (Wildman–Crippen LogP) is 3.71. The molecule has 0 bridgehead atoms. The van der Waals surface area contributed by atoms with Gasteiger partial charge in [0, 0.05) is 12.8 Å². The second-order valence-corrected chi connectivity index (χ2v) is 7.43. The Morgan fingerprint density at radius 3 is 2.61 bits per heavy atom. The molecule has 1 saturated heterocycles. The maximum absolute atomic E-state index is 12.2. The molecular formula is C22H26N2O4. The minimum Gasteiger partial charge on any atom is -0.386 e. The smallest absolute Gasteiger partial charge is 0.261 e. The van der Waals surface area contributed by atoms with Gasteiger partial charge in [0.1, 0.15) is 0 Å². The number of hydrogen-bond donors (Lipinski definition) is 1. The van der Waals surface area contributed by atoms with E-state index >= 15 is 0 Å². The molecule has 1 spiro atoms. The van der Waals surface area contributed by atoms with Crippen molar-refractivity contribution in [3.05, 3.63) is 48.0 Å². The Morgan fingerprint density at radius 1 is 1.14 bits per heavy atom. The number of nitrogens with zero attached hydrogens (tertiary/aromatic N) is 1. The molecule has 1 N–H and O–H groups in total. The largest absolute Gasteiger partial charge is 0.386 e. The third-order valence-corrected chi connectivity index (χ3v) is 5.44. The predicted molar refractivity (Wildman–Crippen MR) is 107 cm³/mol. The molecule has 0 unspecified atom stereocenters. The fraction of sp³-hybridized carbons (Fsp3) is 0.455. The van der Waals surface area contributed by atoms with Gasteiger partial charge in [-0.1, -0.05) is 41.6 Å². The topological polar surface area (TPSA) is 69.2 Å². The van der Waals surface area contributed by atoms with E-state index in [9.17, 15) is 4.79 Å². The minimum atomic E-state index is -0.411. The van der Waals surface area contributed by atoms with Gasteiger partial charge in [-0.25, -0.2) is 0 Å². The number of carbonyl (C=O) groups excluding carboxylic acids is 1. The van der Waals surface area contributed by atoms with Crippen molar-refractivity contribution < 1.29 is 19.1 Å². The lowest BCUT2D eigenvalue weighted by atomic mass is 9.92. The lowest BCUT2D eigenvalue weighted by Gasteiger charge is -2.31. The number of hydrogen-bond acceptors (Lipinski definition) is 5. The fourth-order valence-electron chi connectivity index (χ4n) is 3.82. The van der Waals surface area contributed by atoms with Crippen molar-refractivity contribution >= 4 is 22.4 Å². The van der Waals surface area contributed by atoms with Gasteiger partial charge in [-0.2, -0.15) is 0 Å². The number of benzene rings is 2. The second-order valence-electron chi connectivity index (χ2n) is 7.43. The van der Waals surface area contributed by atoms with Crippen LogP contribution in [0, 0.1) is 0 Å². The summed E-state index contributed by atoms with van der Waals surface area (Å²) in [5, 5.41) is 9.46. The summed E-state index contributed by atoms with van der Waals surface area (Å²) in [4.78, 5) is 17.5. The monoisotopic (exact) mass is 382 g/mol. The summed E-state index contributed by atoms with van der Waals surface area (Å²) in [6.07, 6.45) is 3.13. The van der Waals surface area contributed by atoms with Crippen LogP contribution in [0.25, 0.3) is 10.8 Å². The van der Waals surface area contributed by atoms with Gasteiger partial charge in [-0.05, 0) is 42.2 Å².